The molecule has 9 nitrogen and oxygen atoms in total. The molecule has 0 aromatic carbocycles. The standard InChI is InChI=1S/C78H135NO8/c1-6-8-10-12-14-16-18-20-22-24-26-28-30-31-32-33-34-35-36-37-38-39-40-41-42-43-44-45-47-49-51-53-55-57-59-61-63-65-67-69-76(81)87-74(73-86-78(77(82)83)84-71-70-79(3,4)5)72-85-75(80)68-66-64-62-60-58-56-54-52-50-48-46-29-27-25-23-21-19-17-15-13-11-9-7-2/h8,10,14,16,20,22,26,28,31-32,34-35,37-38,40-41,43-44,74,78H,6-7,9,11-13,15,17-19,21,23-25,27,29-30,33,36,39,42,45-73H2,1-5H3/b10-8-,16-14-,22-20-,28-26-,32-31-,35-34-,38-37-,41-40-,44-43-. The van der Waals surface area contributed by atoms with Gasteiger partial charge in [0.1, 0.15) is 13.2 Å². The third kappa shape index (κ3) is 69.3. The number of nitrogens with zero attached hydrogens (tertiary/aromatic N) is 1. The molecular formula is C78H135NO8. The first-order valence-electron chi connectivity index (χ1n) is 36.0. The minimum atomic E-state index is -1.63. The van der Waals surface area contributed by atoms with Crippen molar-refractivity contribution in [2.45, 2.75) is 322 Å². The summed E-state index contributed by atoms with van der Waals surface area (Å²) in [6.45, 7) is 4.67. The molecule has 0 aliphatic rings. The maximum Gasteiger partial charge on any atom is 0.306 e. The fourth-order valence-electron chi connectivity index (χ4n) is 10.1. The molecule has 2 unspecified atom stereocenters. The topological polar surface area (TPSA) is 111 Å². The number of unbranched alkanes of at least 4 members (excludes halogenated alkanes) is 33. The second-order valence-electron chi connectivity index (χ2n) is 25.2. The van der Waals surface area contributed by atoms with Crippen LogP contribution in [0.1, 0.15) is 309 Å². The van der Waals surface area contributed by atoms with E-state index in [4.69, 9.17) is 18.9 Å². The molecule has 0 saturated heterocycles. The number of aliphatic carboxylic acids is 1. The van der Waals surface area contributed by atoms with Gasteiger partial charge < -0.3 is 33.3 Å². The van der Waals surface area contributed by atoms with Crippen LogP contribution in [0.4, 0.5) is 0 Å². The summed E-state index contributed by atoms with van der Waals surface area (Å²) in [5.41, 5.74) is 0. The molecule has 0 radical (unpaired) electrons. The smallest absolute Gasteiger partial charge is 0.306 e. The van der Waals surface area contributed by atoms with Gasteiger partial charge in [-0.2, -0.15) is 0 Å². The van der Waals surface area contributed by atoms with Crippen LogP contribution in [-0.2, 0) is 33.3 Å². The number of hydrogen-bond acceptors (Lipinski definition) is 8. The monoisotopic (exact) mass is 1210 g/mol. The van der Waals surface area contributed by atoms with E-state index in [9.17, 15) is 19.5 Å². The second-order valence-corrected chi connectivity index (χ2v) is 25.2. The third-order valence-corrected chi connectivity index (χ3v) is 15.5. The van der Waals surface area contributed by atoms with Gasteiger partial charge in [0, 0.05) is 12.8 Å². The van der Waals surface area contributed by atoms with Crippen LogP contribution in [0.5, 0.6) is 0 Å². The van der Waals surface area contributed by atoms with Crippen LogP contribution < -0.4 is 5.11 Å². The first kappa shape index (κ1) is 83.0. The maximum atomic E-state index is 12.9. The quantitative estimate of drug-likeness (QED) is 0.0195. The minimum absolute atomic E-state index is 0.145. The first-order chi connectivity index (χ1) is 42.6. The van der Waals surface area contributed by atoms with E-state index in [2.05, 4.69) is 123 Å². The van der Waals surface area contributed by atoms with Crippen LogP contribution in [0, 0.1) is 0 Å². The summed E-state index contributed by atoms with van der Waals surface area (Å²) in [6, 6.07) is 0. The number of carbonyl (C=O) groups excluding carboxylic acids is 3. The van der Waals surface area contributed by atoms with Crippen molar-refractivity contribution < 1.29 is 42.9 Å². The van der Waals surface area contributed by atoms with Crippen LogP contribution in [0.25, 0.3) is 0 Å². The Kier molecular flexibility index (Phi) is 64.7. The fourth-order valence-corrected chi connectivity index (χ4v) is 10.1. The van der Waals surface area contributed by atoms with E-state index in [-0.39, 0.29) is 32.2 Å². The number of quaternary nitrogens is 1. The molecule has 0 aromatic heterocycles. The van der Waals surface area contributed by atoms with Gasteiger partial charge in [-0.25, -0.2) is 0 Å². The van der Waals surface area contributed by atoms with Gasteiger partial charge in [-0.15, -0.1) is 0 Å². The number of likely N-dealkylation sites (N-methyl/N-ethyl adjacent to an activating group) is 1. The Morgan fingerprint density at radius 1 is 0.356 bits per heavy atom. The van der Waals surface area contributed by atoms with Crippen molar-refractivity contribution in [3.63, 3.8) is 0 Å². The molecule has 0 spiro atoms. The van der Waals surface area contributed by atoms with E-state index in [1.54, 1.807) is 0 Å². The number of hydrogen-bond donors (Lipinski definition) is 0. The number of carboxylic acids is 1. The predicted octanol–water partition coefficient (Wildman–Crippen LogP) is 21.2. The van der Waals surface area contributed by atoms with Gasteiger partial charge >= 0.3 is 11.9 Å². The van der Waals surface area contributed by atoms with Gasteiger partial charge in [-0.3, -0.25) is 9.59 Å². The lowest BCUT2D eigenvalue weighted by Crippen LogP contribution is -2.44. The van der Waals surface area contributed by atoms with Crippen LogP contribution >= 0.6 is 0 Å². The number of carboxylic acid groups (broad SMARTS) is 1. The summed E-state index contributed by atoms with van der Waals surface area (Å²) < 4.78 is 22.8. The molecule has 87 heavy (non-hydrogen) atoms. The minimum Gasteiger partial charge on any atom is -0.545 e. The lowest BCUT2D eigenvalue weighted by atomic mass is 10.0. The summed E-state index contributed by atoms with van der Waals surface area (Å²) in [6.07, 6.45) is 91.7. The zero-order chi connectivity index (χ0) is 63.3. The average Bonchev–Trinajstić information content (AvgIpc) is 3.55. The van der Waals surface area contributed by atoms with Crippen molar-refractivity contribution in [1.82, 2.24) is 0 Å². The molecule has 0 rings (SSSR count). The van der Waals surface area contributed by atoms with Crippen LogP contribution in [0.3, 0.4) is 0 Å². The number of carbonyl (C=O) groups is 3. The Morgan fingerprint density at radius 3 is 0.977 bits per heavy atom. The zero-order valence-corrected chi connectivity index (χ0v) is 57.1. The Morgan fingerprint density at radius 2 is 0.655 bits per heavy atom. The number of ether oxygens (including phenoxy) is 4. The van der Waals surface area contributed by atoms with Gasteiger partial charge in [-0.05, 0) is 83.5 Å². The maximum absolute atomic E-state index is 12.9. The van der Waals surface area contributed by atoms with Crippen molar-refractivity contribution in [3.8, 4) is 0 Å². The van der Waals surface area contributed by atoms with Crippen molar-refractivity contribution in [2.24, 2.45) is 0 Å². The lowest BCUT2D eigenvalue weighted by molar-refractivity contribution is -0.870. The van der Waals surface area contributed by atoms with Gasteiger partial charge in [-0.1, -0.05) is 322 Å². The molecule has 0 amide bonds. The highest BCUT2D eigenvalue weighted by molar-refractivity contribution is 5.70. The molecule has 500 valence electrons. The Labute approximate surface area is 536 Å². The highest BCUT2D eigenvalue weighted by Crippen LogP contribution is 2.18. The molecule has 0 bridgehead atoms. The molecule has 0 aliphatic heterocycles. The molecule has 0 aliphatic carbocycles. The zero-order valence-electron chi connectivity index (χ0n) is 57.1. The molecule has 0 fully saturated rings. The number of rotatable bonds is 66. The van der Waals surface area contributed by atoms with E-state index < -0.39 is 24.3 Å². The Bertz CT molecular complexity index is 1800. The Balaban J connectivity index is 4.11. The largest absolute Gasteiger partial charge is 0.545 e. The molecule has 0 saturated carbocycles. The van der Waals surface area contributed by atoms with Crippen LogP contribution in [0.15, 0.2) is 109 Å². The molecule has 2 atom stereocenters. The summed E-state index contributed by atoms with van der Waals surface area (Å²) in [4.78, 5) is 37.5. The average molecular weight is 1210 g/mol. The first-order valence-corrected chi connectivity index (χ1v) is 36.0. The summed E-state index contributed by atoms with van der Waals surface area (Å²) in [5.74, 6) is -2.28. The highest BCUT2D eigenvalue weighted by atomic mass is 16.7. The number of esters is 2. The van der Waals surface area contributed by atoms with Crippen LogP contribution in [-0.4, -0.2) is 82.3 Å². The van der Waals surface area contributed by atoms with E-state index in [1.165, 1.54) is 173 Å². The summed E-state index contributed by atoms with van der Waals surface area (Å²) in [5, 5.41) is 11.8. The van der Waals surface area contributed by atoms with Gasteiger partial charge in [0.15, 0.2) is 12.4 Å². The van der Waals surface area contributed by atoms with Crippen molar-refractivity contribution in [2.75, 3.05) is 47.5 Å². The van der Waals surface area contributed by atoms with E-state index in [1.807, 2.05) is 21.1 Å². The van der Waals surface area contributed by atoms with Gasteiger partial charge in [0.2, 0.25) is 0 Å². The van der Waals surface area contributed by atoms with Gasteiger partial charge in [0.05, 0.1) is 40.3 Å². The molecule has 9 heteroatoms. The summed E-state index contributed by atoms with van der Waals surface area (Å²) >= 11 is 0. The summed E-state index contributed by atoms with van der Waals surface area (Å²) in [7, 11) is 5.93. The molecule has 0 aromatic rings. The fraction of sp³-hybridized carbons (Fsp3) is 0.731. The van der Waals surface area contributed by atoms with Gasteiger partial charge in [0.25, 0.3) is 0 Å². The SMILES string of the molecule is CC/C=C\C/C=C\C/C=C\C/C=C\C/C=C\C/C=C\C/C=C\C/C=C\C/C=C\CCCCCCCCCCCCCC(=O)OC(COC(=O)CCCCCCCCCCCCCCCCCCCCCCCCC)COC(OCC[N+](C)(C)C)C(=O)[O-]. The molecule has 0 heterocycles. The van der Waals surface area contributed by atoms with E-state index in [0.29, 0.717) is 23.9 Å². The third-order valence-electron chi connectivity index (χ3n) is 15.5. The predicted molar refractivity (Wildman–Crippen MR) is 370 cm³/mol. The highest BCUT2D eigenvalue weighted by Gasteiger charge is 2.22. The van der Waals surface area contributed by atoms with Crippen molar-refractivity contribution in [1.29, 1.82) is 0 Å². The van der Waals surface area contributed by atoms with E-state index >= 15 is 0 Å². The Hall–Kier alpha value is -4.05. The lowest BCUT2D eigenvalue weighted by Gasteiger charge is -2.26. The molecular weight excluding hydrogens is 1080 g/mol. The normalized spacial score (nSPS) is 13.3. The number of allylic oxidation sites excluding steroid dienone is 18. The second kappa shape index (κ2) is 67.9. The van der Waals surface area contributed by atoms with Crippen LogP contribution in [0.2, 0.25) is 0 Å². The van der Waals surface area contributed by atoms with Crippen molar-refractivity contribution in [3.05, 3.63) is 109 Å². The van der Waals surface area contributed by atoms with E-state index in [0.717, 1.165) is 103 Å². The molecule has 0 N–H and O–H groups in total. The van der Waals surface area contributed by atoms with Crippen molar-refractivity contribution >= 4 is 17.9 Å².